The normalized spacial score (nSPS) is 11.3. The van der Waals surface area contributed by atoms with E-state index in [9.17, 15) is 18.0 Å². The Balaban J connectivity index is 1.54. The maximum atomic E-state index is 12.5. The Bertz CT molecular complexity index is 879. The minimum Gasteiger partial charge on any atom is -0.350 e. The number of carbonyl (C=O) groups excluding carboxylic acids is 1. The number of benzene rings is 1. The van der Waals surface area contributed by atoms with E-state index in [4.69, 9.17) is 0 Å². The summed E-state index contributed by atoms with van der Waals surface area (Å²) in [6, 6.07) is 6.56. The molecule has 5 nitrogen and oxygen atoms in total. The molecule has 0 saturated heterocycles. The van der Waals surface area contributed by atoms with Gasteiger partial charge in [-0.1, -0.05) is 12.1 Å². The Kier molecular flexibility index (Phi) is 5.27. The van der Waals surface area contributed by atoms with Gasteiger partial charge in [-0.2, -0.15) is 13.2 Å². The molecular weight excluding hydrogens is 365 g/mol. The van der Waals surface area contributed by atoms with Crippen LogP contribution in [-0.2, 0) is 12.6 Å². The molecule has 0 radical (unpaired) electrons. The zero-order chi connectivity index (χ0) is 18.6. The first-order valence-electron chi connectivity index (χ1n) is 7.61. The number of nitrogens with one attached hydrogen (secondary N) is 1. The number of nitrogens with zero attached hydrogens (tertiary/aromatic N) is 3. The van der Waals surface area contributed by atoms with Gasteiger partial charge >= 0.3 is 6.18 Å². The van der Waals surface area contributed by atoms with E-state index in [0.29, 0.717) is 29.4 Å². The highest BCUT2D eigenvalue weighted by molar-refractivity contribution is 7.13. The molecule has 3 rings (SSSR count). The van der Waals surface area contributed by atoms with E-state index in [0.717, 1.165) is 12.1 Å². The van der Waals surface area contributed by atoms with Crippen LogP contribution >= 0.6 is 11.3 Å². The highest BCUT2D eigenvalue weighted by atomic mass is 32.1. The average molecular weight is 378 g/mol. The summed E-state index contributed by atoms with van der Waals surface area (Å²) in [7, 11) is 0. The van der Waals surface area contributed by atoms with Crippen molar-refractivity contribution in [2.75, 3.05) is 6.54 Å². The van der Waals surface area contributed by atoms with Gasteiger partial charge in [-0.05, 0) is 30.2 Å². The quantitative estimate of drug-likeness (QED) is 0.737. The predicted octanol–water partition coefficient (Wildman–Crippen LogP) is 3.59. The summed E-state index contributed by atoms with van der Waals surface area (Å²) in [5.41, 5.74) is 0.267. The van der Waals surface area contributed by atoms with E-state index in [1.807, 2.05) is 0 Å². The monoisotopic (exact) mass is 378 g/mol. The molecule has 26 heavy (non-hydrogen) atoms. The molecule has 1 aromatic carbocycles. The topological polar surface area (TPSA) is 67.8 Å². The molecule has 0 aliphatic heterocycles. The summed E-state index contributed by atoms with van der Waals surface area (Å²) < 4.78 is 37.6. The van der Waals surface area contributed by atoms with E-state index in [2.05, 4.69) is 20.3 Å². The molecule has 2 aromatic heterocycles. The maximum absolute atomic E-state index is 12.5. The molecule has 0 atom stereocenters. The lowest BCUT2D eigenvalue weighted by atomic mass is 10.1. The maximum Gasteiger partial charge on any atom is 0.416 e. The first-order chi connectivity index (χ1) is 12.4. The number of halogens is 3. The van der Waals surface area contributed by atoms with Crippen molar-refractivity contribution < 1.29 is 18.0 Å². The van der Waals surface area contributed by atoms with Crippen LogP contribution in [0.4, 0.5) is 13.2 Å². The molecule has 1 N–H and O–H groups in total. The summed E-state index contributed by atoms with van der Waals surface area (Å²) in [5, 5.41) is 4.85. The standard InChI is InChI=1S/C17H13F3N4OS/c18-17(19,20)12-4-2-11(3-5-12)6-9-23-15(25)13-10-26-16(24-13)14-21-7-1-8-22-14/h1-5,7-8,10H,6,9H2,(H,23,25). The Hall–Kier alpha value is -2.81. The van der Waals surface area contributed by atoms with Gasteiger partial charge in [0.2, 0.25) is 0 Å². The largest absolute Gasteiger partial charge is 0.416 e. The fourth-order valence-electron chi connectivity index (χ4n) is 2.16. The molecule has 0 bridgehead atoms. The van der Waals surface area contributed by atoms with E-state index in [1.54, 1.807) is 23.8 Å². The SMILES string of the molecule is O=C(NCCc1ccc(C(F)(F)F)cc1)c1csc(-c2ncccn2)n1. The smallest absolute Gasteiger partial charge is 0.350 e. The first kappa shape index (κ1) is 18.0. The molecule has 0 saturated carbocycles. The predicted molar refractivity (Wildman–Crippen MR) is 90.6 cm³/mol. The summed E-state index contributed by atoms with van der Waals surface area (Å²) in [6.07, 6.45) is -0.749. The molecule has 3 aromatic rings. The van der Waals surface area contributed by atoms with Crippen molar-refractivity contribution in [3.63, 3.8) is 0 Å². The van der Waals surface area contributed by atoms with Crippen LogP contribution < -0.4 is 5.32 Å². The average Bonchev–Trinajstić information content (AvgIpc) is 3.12. The molecule has 0 fully saturated rings. The number of alkyl halides is 3. The van der Waals surface area contributed by atoms with Gasteiger partial charge in [-0.3, -0.25) is 4.79 Å². The van der Waals surface area contributed by atoms with Crippen LogP contribution in [0.25, 0.3) is 10.8 Å². The molecule has 0 aliphatic carbocycles. The lowest BCUT2D eigenvalue weighted by Gasteiger charge is -2.08. The van der Waals surface area contributed by atoms with Crippen molar-refractivity contribution in [2.24, 2.45) is 0 Å². The zero-order valence-corrected chi connectivity index (χ0v) is 14.1. The molecule has 0 aliphatic rings. The highest BCUT2D eigenvalue weighted by Crippen LogP contribution is 2.29. The van der Waals surface area contributed by atoms with Gasteiger partial charge in [0.05, 0.1) is 5.56 Å². The Morgan fingerprint density at radius 3 is 2.46 bits per heavy atom. The number of amides is 1. The van der Waals surface area contributed by atoms with Crippen molar-refractivity contribution in [3.8, 4) is 10.8 Å². The van der Waals surface area contributed by atoms with Crippen LogP contribution in [-0.4, -0.2) is 27.4 Å². The lowest BCUT2D eigenvalue weighted by Crippen LogP contribution is -2.26. The number of rotatable bonds is 5. The number of hydrogen-bond donors (Lipinski definition) is 1. The molecule has 134 valence electrons. The van der Waals surface area contributed by atoms with Gasteiger partial charge in [-0.15, -0.1) is 11.3 Å². The van der Waals surface area contributed by atoms with E-state index in [1.165, 1.54) is 23.5 Å². The van der Waals surface area contributed by atoms with Gasteiger partial charge in [0.1, 0.15) is 5.69 Å². The Morgan fingerprint density at radius 2 is 1.81 bits per heavy atom. The molecule has 2 heterocycles. The van der Waals surface area contributed by atoms with Crippen LogP contribution in [0.3, 0.4) is 0 Å². The summed E-state index contributed by atoms with van der Waals surface area (Å²) in [6.45, 7) is 0.291. The van der Waals surface area contributed by atoms with Crippen LogP contribution in [0, 0.1) is 0 Å². The van der Waals surface area contributed by atoms with Crippen molar-refractivity contribution >= 4 is 17.2 Å². The summed E-state index contributed by atoms with van der Waals surface area (Å²) in [5.74, 6) is 0.0941. The summed E-state index contributed by atoms with van der Waals surface area (Å²) >= 11 is 1.26. The van der Waals surface area contributed by atoms with E-state index in [-0.39, 0.29) is 11.6 Å². The second-order valence-corrected chi connectivity index (χ2v) is 6.17. The molecule has 1 amide bonds. The van der Waals surface area contributed by atoms with Crippen LogP contribution in [0.1, 0.15) is 21.6 Å². The van der Waals surface area contributed by atoms with Gasteiger partial charge in [-0.25, -0.2) is 15.0 Å². The van der Waals surface area contributed by atoms with Crippen LogP contribution in [0.5, 0.6) is 0 Å². The van der Waals surface area contributed by atoms with Gasteiger partial charge in [0.15, 0.2) is 10.8 Å². The highest BCUT2D eigenvalue weighted by Gasteiger charge is 2.29. The minimum atomic E-state index is -4.35. The second-order valence-electron chi connectivity index (χ2n) is 5.31. The van der Waals surface area contributed by atoms with Crippen LogP contribution in [0.15, 0.2) is 48.1 Å². The zero-order valence-electron chi connectivity index (χ0n) is 13.3. The van der Waals surface area contributed by atoms with Gasteiger partial charge in [0, 0.05) is 24.3 Å². The Morgan fingerprint density at radius 1 is 1.12 bits per heavy atom. The van der Waals surface area contributed by atoms with Gasteiger partial charge in [0.25, 0.3) is 5.91 Å². The van der Waals surface area contributed by atoms with Gasteiger partial charge < -0.3 is 5.32 Å². The minimum absolute atomic E-state index is 0.255. The third-order valence-corrected chi connectivity index (χ3v) is 4.31. The fourth-order valence-corrected chi connectivity index (χ4v) is 2.91. The number of thiazole rings is 1. The third kappa shape index (κ3) is 4.42. The van der Waals surface area contributed by atoms with Crippen molar-refractivity contribution in [1.29, 1.82) is 0 Å². The van der Waals surface area contributed by atoms with Crippen molar-refractivity contribution in [2.45, 2.75) is 12.6 Å². The van der Waals surface area contributed by atoms with E-state index < -0.39 is 11.7 Å². The molecular formula is C17H13F3N4OS. The molecule has 9 heteroatoms. The first-order valence-corrected chi connectivity index (χ1v) is 8.49. The third-order valence-electron chi connectivity index (χ3n) is 3.47. The summed E-state index contributed by atoms with van der Waals surface area (Å²) in [4.78, 5) is 24.5. The second kappa shape index (κ2) is 7.61. The lowest BCUT2D eigenvalue weighted by molar-refractivity contribution is -0.137. The van der Waals surface area contributed by atoms with E-state index >= 15 is 0 Å². The fraction of sp³-hybridized carbons (Fsp3) is 0.176. The molecule has 0 unspecified atom stereocenters. The molecule has 0 spiro atoms. The van der Waals surface area contributed by atoms with Crippen molar-refractivity contribution in [1.82, 2.24) is 20.3 Å². The Labute approximate surface area is 151 Å². The number of hydrogen-bond acceptors (Lipinski definition) is 5. The number of aromatic nitrogens is 3. The van der Waals surface area contributed by atoms with Crippen molar-refractivity contribution in [3.05, 3.63) is 64.9 Å². The van der Waals surface area contributed by atoms with Crippen LogP contribution in [0.2, 0.25) is 0 Å². The number of carbonyl (C=O) groups is 1.